The molecular formula is C40H46Cl2N3O6S+. The number of H-pyrrole nitrogens is 1. The predicted molar refractivity (Wildman–Crippen MR) is 202 cm³/mol. The Labute approximate surface area is 319 Å². The van der Waals surface area contributed by atoms with Crippen LogP contribution >= 0.6 is 34.5 Å². The number of benzene rings is 2. The first-order chi connectivity index (χ1) is 25.3. The van der Waals surface area contributed by atoms with Crippen LogP contribution in [0.25, 0.3) is 0 Å². The summed E-state index contributed by atoms with van der Waals surface area (Å²) in [6.45, 7) is 2.79. The number of halogens is 2. The van der Waals surface area contributed by atoms with Crippen molar-refractivity contribution >= 4 is 46.5 Å². The van der Waals surface area contributed by atoms with Crippen LogP contribution in [0.15, 0.2) is 73.1 Å². The largest absolute Gasteiger partial charge is 0.493 e. The quantitative estimate of drug-likeness (QED) is 0.121. The van der Waals surface area contributed by atoms with E-state index in [1.807, 2.05) is 54.6 Å². The summed E-state index contributed by atoms with van der Waals surface area (Å²) in [6.07, 6.45) is 9.17. The number of carbonyl (C=O) groups is 2. The molecule has 0 radical (unpaired) electrons. The summed E-state index contributed by atoms with van der Waals surface area (Å²) in [5, 5.41) is 4.25. The topological polar surface area (TPSA) is 100 Å². The first-order valence-corrected chi connectivity index (χ1v) is 19.5. The van der Waals surface area contributed by atoms with Gasteiger partial charge in [0.05, 0.1) is 19.8 Å². The number of rotatable bonds is 15. The number of nitrogens with one attached hydrogen (secondary N) is 2. The average Bonchev–Trinajstić information content (AvgIpc) is 3.86. The molecule has 2 atom stereocenters. The number of aromatic nitrogens is 1. The number of pyridine rings is 1. The van der Waals surface area contributed by atoms with Crippen LogP contribution in [-0.2, 0) is 27.2 Å². The van der Waals surface area contributed by atoms with E-state index in [-0.39, 0.29) is 18.5 Å². The smallest absolute Gasteiger partial charge is 0.348 e. The van der Waals surface area contributed by atoms with Crippen LogP contribution in [0.2, 0.25) is 10.0 Å². The van der Waals surface area contributed by atoms with E-state index in [9.17, 15) is 9.59 Å². The number of esters is 2. The first kappa shape index (κ1) is 38.1. The number of hydrogen-bond acceptors (Lipinski definition) is 9. The third kappa shape index (κ3) is 10.0. The molecule has 2 aromatic carbocycles. The molecule has 4 aromatic rings. The zero-order valence-corrected chi connectivity index (χ0v) is 31.9. The minimum atomic E-state index is -0.729. The Morgan fingerprint density at radius 2 is 1.67 bits per heavy atom. The number of aromatic amines is 1. The Hall–Kier alpha value is -3.67. The van der Waals surface area contributed by atoms with E-state index in [0.717, 1.165) is 67.6 Å². The van der Waals surface area contributed by atoms with E-state index >= 15 is 0 Å². The van der Waals surface area contributed by atoms with Crippen molar-refractivity contribution in [1.82, 2.24) is 10.2 Å². The summed E-state index contributed by atoms with van der Waals surface area (Å²) in [4.78, 5) is 33.7. The second kappa shape index (κ2) is 18.4. The second-order valence-electron chi connectivity index (χ2n) is 13.5. The standard InChI is InChI=1S/C40H45Cl2N3O6S/c1-45-18-16-26(17-19-45)25-49-40(47)38(27-8-4-3-5-9-27)44-22-30-13-15-37(52-30)39(46)51-35(21-31-32(41)23-43-24-33(31)42)28-12-14-34(48-2)36(20-28)50-29-10-6-7-11-29/h3-5,8-9,12-15,20,23-24,26,29,35,38,44H,6-7,10-11,16-19,21-22,25H2,1-2H3/p+1. The van der Waals surface area contributed by atoms with Crippen LogP contribution in [0.5, 0.6) is 11.5 Å². The number of piperidine rings is 1. The highest BCUT2D eigenvalue weighted by Crippen LogP contribution is 2.37. The number of likely N-dealkylation sites (tertiary alicyclic amines) is 1. The molecule has 0 bridgehead atoms. The van der Waals surface area contributed by atoms with E-state index in [2.05, 4.69) is 22.2 Å². The van der Waals surface area contributed by atoms with E-state index in [0.29, 0.717) is 51.1 Å². The van der Waals surface area contributed by atoms with Crippen molar-refractivity contribution in [2.45, 2.75) is 69.7 Å². The average molecular weight is 768 g/mol. The second-order valence-corrected chi connectivity index (χ2v) is 15.5. The van der Waals surface area contributed by atoms with Crippen LogP contribution in [0, 0.1) is 5.92 Å². The summed E-state index contributed by atoms with van der Waals surface area (Å²) in [6, 6.07) is 18.1. The lowest BCUT2D eigenvalue weighted by molar-refractivity contribution is -0.377. The van der Waals surface area contributed by atoms with Crippen molar-refractivity contribution in [3.63, 3.8) is 0 Å². The van der Waals surface area contributed by atoms with Gasteiger partial charge in [0, 0.05) is 23.4 Å². The van der Waals surface area contributed by atoms with Crippen molar-refractivity contribution in [2.75, 3.05) is 33.9 Å². The summed E-state index contributed by atoms with van der Waals surface area (Å²) in [5.74, 6) is 0.788. The summed E-state index contributed by atoms with van der Waals surface area (Å²) >= 11 is 14.4. The number of methoxy groups -OCH3 is 1. The molecule has 52 heavy (non-hydrogen) atoms. The van der Waals surface area contributed by atoms with Crippen molar-refractivity contribution in [3.8, 4) is 11.5 Å². The molecule has 1 saturated carbocycles. The van der Waals surface area contributed by atoms with Crippen molar-refractivity contribution < 1.29 is 33.5 Å². The molecule has 1 saturated heterocycles. The van der Waals surface area contributed by atoms with Gasteiger partial charge in [0.2, 0.25) is 0 Å². The highest BCUT2D eigenvalue weighted by atomic mass is 35.5. The number of thiophene rings is 1. The van der Waals surface area contributed by atoms with E-state index in [4.69, 9.17) is 42.1 Å². The third-order valence-electron chi connectivity index (χ3n) is 9.80. The van der Waals surface area contributed by atoms with Gasteiger partial charge in [0.1, 0.15) is 27.1 Å². The maximum absolute atomic E-state index is 13.8. The molecule has 0 amide bonds. The molecule has 2 unspecified atom stereocenters. The Bertz CT molecular complexity index is 1770. The highest BCUT2D eigenvalue weighted by molar-refractivity contribution is 7.13. The number of nitrogens with zero attached hydrogens (tertiary/aromatic N) is 1. The Morgan fingerprint density at radius 1 is 0.942 bits per heavy atom. The fraction of sp³-hybridized carbons (Fsp3) is 0.425. The SMILES string of the molecule is COc1ccc(C(Cc2c(Cl)c[nH+]cc2Cl)OC(=O)c2ccc(CNC(C(=O)OCC3CCN(C)CC3)c3ccccc3)s2)cc1OC1CCCC1. The fourth-order valence-electron chi connectivity index (χ4n) is 6.72. The van der Waals surface area contributed by atoms with E-state index < -0.39 is 18.1 Å². The van der Waals surface area contributed by atoms with Gasteiger partial charge in [-0.1, -0.05) is 59.6 Å². The normalized spacial score (nSPS) is 16.7. The molecule has 2 fully saturated rings. The monoisotopic (exact) mass is 766 g/mol. The molecule has 2 N–H and O–H groups in total. The zero-order valence-electron chi connectivity index (χ0n) is 29.6. The maximum Gasteiger partial charge on any atom is 0.348 e. The van der Waals surface area contributed by atoms with E-state index in [1.165, 1.54) is 11.3 Å². The molecule has 1 aliphatic carbocycles. The summed E-state index contributed by atoms with van der Waals surface area (Å²) in [7, 11) is 3.73. The zero-order chi connectivity index (χ0) is 36.5. The van der Waals surface area contributed by atoms with Gasteiger partial charge in [-0.2, -0.15) is 0 Å². The van der Waals surface area contributed by atoms with Crippen molar-refractivity contribution in [3.05, 3.63) is 110 Å². The van der Waals surface area contributed by atoms with Gasteiger partial charge >= 0.3 is 11.9 Å². The maximum atomic E-state index is 13.8. The van der Waals surface area contributed by atoms with Gasteiger partial charge in [-0.15, -0.1) is 11.3 Å². The summed E-state index contributed by atoms with van der Waals surface area (Å²) in [5.41, 5.74) is 2.20. The van der Waals surface area contributed by atoms with Gasteiger partial charge in [-0.3, -0.25) is 5.32 Å². The van der Waals surface area contributed by atoms with Gasteiger partial charge in [0.25, 0.3) is 0 Å². The molecule has 2 aliphatic rings. The fourth-order valence-corrected chi connectivity index (χ4v) is 8.10. The van der Waals surface area contributed by atoms with Gasteiger partial charge in [-0.25, -0.2) is 14.6 Å². The van der Waals surface area contributed by atoms with Crippen molar-refractivity contribution in [2.24, 2.45) is 5.92 Å². The minimum absolute atomic E-state index is 0.111. The summed E-state index contributed by atoms with van der Waals surface area (Å²) < 4.78 is 24.1. The van der Waals surface area contributed by atoms with Crippen molar-refractivity contribution in [1.29, 1.82) is 0 Å². The molecule has 3 heterocycles. The molecular weight excluding hydrogens is 721 g/mol. The molecule has 0 spiro atoms. The Balaban J connectivity index is 1.16. The third-order valence-corrected chi connectivity index (χ3v) is 11.5. The number of ether oxygens (including phenoxy) is 4. The number of carbonyl (C=O) groups excluding carboxylic acids is 2. The molecule has 276 valence electrons. The molecule has 9 nitrogen and oxygen atoms in total. The van der Waals surface area contributed by atoms with E-state index in [1.54, 1.807) is 25.6 Å². The van der Waals surface area contributed by atoms with Crippen LogP contribution in [-0.4, -0.2) is 56.8 Å². The lowest BCUT2D eigenvalue weighted by Crippen LogP contribution is -2.34. The Kier molecular flexibility index (Phi) is 13.5. The van der Waals surface area contributed by atoms with Crippen LogP contribution in [0.1, 0.15) is 81.9 Å². The highest BCUT2D eigenvalue weighted by Gasteiger charge is 2.28. The molecule has 1 aliphatic heterocycles. The first-order valence-electron chi connectivity index (χ1n) is 17.9. The van der Waals surface area contributed by atoms with Gasteiger partial charge in [0.15, 0.2) is 23.9 Å². The van der Waals surface area contributed by atoms with Gasteiger partial charge in [-0.05, 0) is 100.0 Å². The molecule has 6 rings (SSSR count). The van der Waals surface area contributed by atoms with Gasteiger partial charge < -0.3 is 23.8 Å². The predicted octanol–water partition coefficient (Wildman–Crippen LogP) is 8.06. The van der Waals surface area contributed by atoms with Crippen LogP contribution in [0.4, 0.5) is 0 Å². The molecule has 2 aromatic heterocycles. The lowest BCUT2D eigenvalue weighted by atomic mass is 9.98. The van der Waals surface area contributed by atoms with Crippen LogP contribution < -0.4 is 19.8 Å². The van der Waals surface area contributed by atoms with Crippen LogP contribution in [0.3, 0.4) is 0 Å². The minimum Gasteiger partial charge on any atom is -0.493 e. The Morgan fingerprint density at radius 3 is 2.38 bits per heavy atom. The number of hydrogen-bond donors (Lipinski definition) is 1. The lowest BCUT2D eigenvalue weighted by Gasteiger charge is -2.29. The molecule has 12 heteroatoms.